The fourth-order valence-electron chi connectivity index (χ4n) is 3.75. The molecule has 5 heteroatoms. The molecule has 1 heterocycles. The maximum Gasteiger partial charge on any atom is 0.264 e. The van der Waals surface area contributed by atoms with E-state index in [2.05, 4.69) is 0 Å². The number of anilines is 1. The van der Waals surface area contributed by atoms with Gasteiger partial charge in [-0.3, -0.25) is 9.59 Å². The SMILES string of the molecule is CC(=O)C[C@]1(O)C(=O)N(CCCOc2ccccc2)c2c(C)cc(C)cc21. The lowest BCUT2D eigenvalue weighted by Crippen LogP contribution is -2.42. The fourth-order valence-corrected chi connectivity index (χ4v) is 3.75. The van der Waals surface area contributed by atoms with Gasteiger partial charge in [0, 0.05) is 18.5 Å². The van der Waals surface area contributed by atoms with Crippen molar-refractivity contribution in [1.29, 1.82) is 0 Å². The van der Waals surface area contributed by atoms with E-state index in [0.717, 1.165) is 16.9 Å². The van der Waals surface area contributed by atoms with E-state index in [-0.39, 0.29) is 12.2 Å². The van der Waals surface area contributed by atoms with Crippen molar-refractivity contribution in [2.45, 2.75) is 39.2 Å². The Morgan fingerprint density at radius 3 is 2.56 bits per heavy atom. The van der Waals surface area contributed by atoms with E-state index < -0.39 is 11.5 Å². The summed E-state index contributed by atoms with van der Waals surface area (Å²) >= 11 is 0. The standard InChI is InChI=1S/C22H25NO4/c1-15-12-16(2)20-19(13-15)22(26,14-17(3)24)21(25)23(20)10-7-11-27-18-8-5-4-6-9-18/h4-6,8-9,12-13,26H,7,10-11,14H2,1-3H3/t22-/m1/s1. The number of nitrogens with zero attached hydrogens (tertiary/aromatic N) is 1. The predicted octanol–water partition coefficient (Wildman–Crippen LogP) is 3.29. The predicted molar refractivity (Wildman–Crippen MR) is 104 cm³/mol. The average Bonchev–Trinajstić information content (AvgIpc) is 2.81. The normalized spacial score (nSPS) is 18.5. The van der Waals surface area contributed by atoms with Crippen molar-refractivity contribution >= 4 is 17.4 Å². The van der Waals surface area contributed by atoms with Crippen LogP contribution in [0, 0.1) is 13.8 Å². The number of amides is 1. The average molecular weight is 367 g/mol. The minimum atomic E-state index is -1.78. The van der Waals surface area contributed by atoms with Crippen molar-refractivity contribution in [1.82, 2.24) is 0 Å². The number of ketones is 1. The third-order valence-corrected chi connectivity index (χ3v) is 4.80. The Kier molecular flexibility index (Phi) is 5.33. The number of fused-ring (bicyclic) bond motifs is 1. The Morgan fingerprint density at radius 2 is 1.89 bits per heavy atom. The van der Waals surface area contributed by atoms with Gasteiger partial charge < -0.3 is 14.7 Å². The number of aliphatic hydroxyl groups is 1. The van der Waals surface area contributed by atoms with Gasteiger partial charge in [-0.1, -0.05) is 35.9 Å². The van der Waals surface area contributed by atoms with Crippen molar-refractivity contribution in [3.63, 3.8) is 0 Å². The molecule has 5 nitrogen and oxygen atoms in total. The molecule has 2 aromatic rings. The second-order valence-corrected chi connectivity index (χ2v) is 7.19. The number of para-hydroxylation sites is 1. The van der Waals surface area contributed by atoms with Gasteiger partial charge in [0.05, 0.1) is 12.3 Å². The first-order valence-corrected chi connectivity index (χ1v) is 9.16. The molecule has 0 bridgehead atoms. The Morgan fingerprint density at radius 1 is 1.19 bits per heavy atom. The summed E-state index contributed by atoms with van der Waals surface area (Å²) in [7, 11) is 0. The number of Topliss-reactive ketones (excluding diaryl/α,β-unsaturated/α-hetero) is 1. The molecular weight excluding hydrogens is 342 g/mol. The van der Waals surface area contributed by atoms with E-state index in [1.54, 1.807) is 4.90 Å². The van der Waals surface area contributed by atoms with Crippen LogP contribution in [0.15, 0.2) is 42.5 Å². The summed E-state index contributed by atoms with van der Waals surface area (Å²) in [6.07, 6.45) is 0.405. The first kappa shape index (κ1) is 19.1. The van der Waals surface area contributed by atoms with E-state index in [9.17, 15) is 14.7 Å². The summed E-state index contributed by atoms with van der Waals surface area (Å²) < 4.78 is 5.70. The molecule has 0 saturated carbocycles. The highest BCUT2D eigenvalue weighted by Crippen LogP contribution is 2.45. The Labute approximate surface area is 159 Å². The molecule has 0 aromatic heterocycles. The van der Waals surface area contributed by atoms with Crippen molar-refractivity contribution in [2.75, 3.05) is 18.1 Å². The van der Waals surface area contributed by atoms with Crippen LogP contribution in [-0.4, -0.2) is 29.9 Å². The summed E-state index contributed by atoms with van der Waals surface area (Å²) in [6, 6.07) is 13.3. The molecule has 0 saturated heterocycles. The minimum Gasteiger partial charge on any atom is -0.494 e. The number of carbonyl (C=O) groups excluding carboxylic acids is 2. The van der Waals surface area contributed by atoms with Gasteiger partial charge in [-0.25, -0.2) is 0 Å². The zero-order valence-corrected chi connectivity index (χ0v) is 16.0. The molecule has 2 aromatic carbocycles. The minimum absolute atomic E-state index is 0.210. The molecule has 1 amide bonds. The van der Waals surface area contributed by atoms with Crippen molar-refractivity contribution < 1.29 is 19.4 Å². The third kappa shape index (κ3) is 3.74. The number of carbonyl (C=O) groups is 2. The lowest BCUT2D eigenvalue weighted by molar-refractivity contribution is -0.141. The monoisotopic (exact) mass is 367 g/mol. The first-order valence-electron chi connectivity index (χ1n) is 9.16. The summed E-state index contributed by atoms with van der Waals surface area (Å²) in [5, 5.41) is 11.1. The molecule has 0 spiro atoms. The Hall–Kier alpha value is -2.66. The second-order valence-electron chi connectivity index (χ2n) is 7.19. The van der Waals surface area contributed by atoms with Crippen molar-refractivity contribution in [3.05, 3.63) is 59.2 Å². The molecule has 27 heavy (non-hydrogen) atoms. The van der Waals surface area contributed by atoms with Crippen LogP contribution in [0.25, 0.3) is 0 Å². The number of hydrogen-bond acceptors (Lipinski definition) is 4. The van der Waals surface area contributed by atoms with E-state index in [4.69, 9.17) is 4.74 Å². The van der Waals surface area contributed by atoms with Crippen LogP contribution in [0.3, 0.4) is 0 Å². The summed E-state index contributed by atoms with van der Waals surface area (Å²) in [5.41, 5.74) is 1.34. The smallest absolute Gasteiger partial charge is 0.264 e. The van der Waals surface area contributed by atoms with Crippen molar-refractivity contribution in [2.24, 2.45) is 0 Å². The first-order chi connectivity index (χ1) is 12.8. The number of hydrogen-bond donors (Lipinski definition) is 1. The van der Waals surface area contributed by atoms with Gasteiger partial charge >= 0.3 is 0 Å². The molecule has 1 aliphatic heterocycles. The lowest BCUT2D eigenvalue weighted by Gasteiger charge is -2.22. The Balaban J connectivity index is 1.80. The van der Waals surface area contributed by atoms with Crippen LogP contribution in [0.1, 0.15) is 36.5 Å². The number of aryl methyl sites for hydroxylation is 2. The lowest BCUT2D eigenvalue weighted by atomic mass is 9.88. The fraction of sp³-hybridized carbons (Fsp3) is 0.364. The number of ether oxygens (including phenoxy) is 1. The maximum absolute atomic E-state index is 13.0. The van der Waals surface area contributed by atoms with Crippen molar-refractivity contribution in [3.8, 4) is 5.75 Å². The highest BCUT2D eigenvalue weighted by Gasteiger charge is 2.50. The van der Waals surface area contributed by atoms with Gasteiger partial charge in [-0.15, -0.1) is 0 Å². The van der Waals surface area contributed by atoms with Crippen LogP contribution in [0.5, 0.6) is 5.75 Å². The molecule has 1 atom stereocenters. The molecule has 3 rings (SSSR count). The summed E-state index contributed by atoms with van der Waals surface area (Å²) in [4.78, 5) is 26.3. The largest absolute Gasteiger partial charge is 0.494 e. The highest BCUT2D eigenvalue weighted by atomic mass is 16.5. The molecular formula is C22H25NO4. The second kappa shape index (κ2) is 7.53. The van der Waals surface area contributed by atoms with E-state index in [0.29, 0.717) is 30.8 Å². The zero-order valence-electron chi connectivity index (χ0n) is 16.0. The quantitative estimate of drug-likeness (QED) is 0.763. The van der Waals surface area contributed by atoms with Gasteiger partial charge in [0.25, 0.3) is 5.91 Å². The van der Waals surface area contributed by atoms with Crippen LogP contribution in [-0.2, 0) is 15.2 Å². The van der Waals surface area contributed by atoms with Crippen LogP contribution in [0.2, 0.25) is 0 Å². The van der Waals surface area contributed by atoms with Crippen LogP contribution >= 0.6 is 0 Å². The van der Waals surface area contributed by atoms with Crippen LogP contribution < -0.4 is 9.64 Å². The molecule has 0 unspecified atom stereocenters. The molecule has 1 aliphatic rings. The number of benzene rings is 2. The Bertz CT molecular complexity index is 862. The molecule has 142 valence electrons. The molecule has 0 aliphatic carbocycles. The maximum atomic E-state index is 13.0. The van der Waals surface area contributed by atoms with Gasteiger partial charge in [0.1, 0.15) is 11.5 Å². The van der Waals surface area contributed by atoms with Gasteiger partial charge in [-0.2, -0.15) is 0 Å². The van der Waals surface area contributed by atoms with E-state index in [1.807, 2.05) is 56.3 Å². The molecule has 1 N–H and O–H groups in total. The third-order valence-electron chi connectivity index (χ3n) is 4.80. The number of rotatable bonds is 7. The van der Waals surface area contributed by atoms with E-state index >= 15 is 0 Å². The molecule has 0 radical (unpaired) electrons. The zero-order chi connectivity index (χ0) is 19.6. The summed E-state index contributed by atoms with van der Waals surface area (Å²) in [5.74, 6) is 0.136. The topological polar surface area (TPSA) is 66.8 Å². The highest BCUT2D eigenvalue weighted by molar-refractivity contribution is 6.09. The summed E-state index contributed by atoms with van der Waals surface area (Å²) in [6.45, 7) is 6.11. The van der Waals surface area contributed by atoms with E-state index in [1.165, 1.54) is 6.92 Å². The van der Waals surface area contributed by atoms with Gasteiger partial charge in [0.15, 0.2) is 5.60 Å². The molecule has 0 fully saturated rings. The van der Waals surface area contributed by atoms with Gasteiger partial charge in [-0.05, 0) is 44.9 Å². The van der Waals surface area contributed by atoms with Gasteiger partial charge in [0.2, 0.25) is 0 Å². The van der Waals surface area contributed by atoms with Crippen LogP contribution in [0.4, 0.5) is 5.69 Å².